The van der Waals surface area contributed by atoms with Crippen molar-refractivity contribution in [3.63, 3.8) is 0 Å². The molecule has 0 bridgehead atoms. The molecule has 0 spiro atoms. The Balaban J connectivity index is 1.58. The number of carbonyl (C=O) groups is 2. The predicted octanol–water partition coefficient (Wildman–Crippen LogP) is 10.9. The first-order valence-electron chi connectivity index (χ1n) is 15.6. The zero-order valence-corrected chi connectivity index (χ0v) is 27.5. The average molecular weight is 732 g/mol. The average Bonchev–Trinajstić information content (AvgIpc) is 3.30. The number of alkyl halides is 9. The number of halogens is 10. The van der Waals surface area contributed by atoms with Crippen LogP contribution in [0.15, 0.2) is 60.2 Å². The molecule has 274 valence electrons. The molecule has 0 N–H and O–H groups in total. The third-order valence-corrected chi connectivity index (χ3v) is 9.17. The molecule has 1 fully saturated rings. The highest BCUT2D eigenvalue weighted by Gasteiger charge is 2.44. The smallest absolute Gasteiger partial charge is 0.416 e. The number of amides is 1. The minimum atomic E-state index is -5.13. The Morgan fingerprint density at radius 3 is 1.98 bits per heavy atom. The molecule has 1 saturated heterocycles. The summed E-state index contributed by atoms with van der Waals surface area (Å²) in [5.74, 6) is -1.83. The van der Waals surface area contributed by atoms with E-state index in [9.17, 15) is 49.1 Å². The number of benzene rings is 3. The number of allylic oxidation sites excluding steroid dienone is 1. The van der Waals surface area contributed by atoms with E-state index >= 15 is 4.39 Å². The highest BCUT2D eigenvalue weighted by atomic mass is 19.4. The summed E-state index contributed by atoms with van der Waals surface area (Å²) in [5.41, 5.74) is -4.75. The molecule has 15 heteroatoms. The highest BCUT2D eigenvalue weighted by Crippen LogP contribution is 2.47. The number of rotatable bonds is 6. The number of methoxy groups -OCH3 is 1. The van der Waals surface area contributed by atoms with Crippen LogP contribution < -0.4 is 0 Å². The molecule has 2 aliphatic rings. The quantitative estimate of drug-likeness (QED) is 0.187. The first kappa shape index (κ1) is 37.7. The fraction of sp³-hybridized carbons (Fsp3) is 0.389. The van der Waals surface area contributed by atoms with Gasteiger partial charge in [0, 0.05) is 12.1 Å². The van der Waals surface area contributed by atoms with Crippen LogP contribution in [0.4, 0.5) is 48.7 Å². The molecular formula is C36H31F10NO4. The van der Waals surface area contributed by atoms with Gasteiger partial charge < -0.3 is 9.47 Å². The number of hydrogen-bond donors (Lipinski definition) is 0. The maximum absolute atomic E-state index is 15.2. The van der Waals surface area contributed by atoms with Gasteiger partial charge in [0.15, 0.2) is 0 Å². The molecule has 3 aromatic carbocycles. The lowest BCUT2D eigenvalue weighted by molar-refractivity contribution is -0.143. The van der Waals surface area contributed by atoms with Crippen LogP contribution in [-0.2, 0) is 28.0 Å². The summed E-state index contributed by atoms with van der Waals surface area (Å²) in [5, 5.41) is 0. The normalized spacial score (nSPS) is 19.7. The van der Waals surface area contributed by atoms with E-state index in [0.29, 0.717) is 29.7 Å². The predicted molar refractivity (Wildman–Crippen MR) is 165 cm³/mol. The Bertz CT molecular complexity index is 1860. The fourth-order valence-electron chi connectivity index (χ4n) is 6.54. The van der Waals surface area contributed by atoms with Crippen molar-refractivity contribution in [1.82, 2.24) is 4.90 Å². The van der Waals surface area contributed by atoms with E-state index in [-0.39, 0.29) is 47.7 Å². The van der Waals surface area contributed by atoms with Gasteiger partial charge in [-0.25, -0.2) is 14.0 Å². The van der Waals surface area contributed by atoms with Gasteiger partial charge in [-0.3, -0.25) is 4.90 Å². The van der Waals surface area contributed by atoms with E-state index in [1.165, 1.54) is 19.1 Å². The molecule has 1 heterocycles. The van der Waals surface area contributed by atoms with Gasteiger partial charge in [-0.1, -0.05) is 19.9 Å². The van der Waals surface area contributed by atoms with Crippen molar-refractivity contribution in [2.75, 3.05) is 13.7 Å². The lowest BCUT2D eigenvalue weighted by atomic mass is 9.72. The van der Waals surface area contributed by atoms with E-state index in [1.807, 2.05) is 13.8 Å². The Hall–Kier alpha value is -4.56. The Labute approximate surface area is 285 Å². The molecule has 1 amide bonds. The molecule has 1 unspecified atom stereocenters. The van der Waals surface area contributed by atoms with Crippen molar-refractivity contribution in [2.45, 2.75) is 70.7 Å². The molecule has 0 radical (unpaired) electrons. The molecule has 2 atom stereocenters. The SMILES string of the molecule is COC(=O)c1ccc(-c2cc(C3=C(CN4C(=O)OC(c5cc(C(F)(F)F)cc(C(F)(F)F)c5)[C@@H]4C)CC(C)(C)CC3)cc(C(F)(F)F)c2)c(F)c1. The summed E-state index contributed by atoms with van der Waals surface area (Å²) >= 11 is 0. The van der Waals surface area contributed by atoms with Gasteiger partial charge in [-0.05, 0) is 108 Å². The van der Waals surface area contributed by atoms with Crippen molar-refractivity contribution in [2.24, 2.45) is 5.41 Å². The van der Waals surface area contributed by atoms with E-state index in [0.717, 1.165) is 36.3 Å². The number of cyclic esters (lactones) is 1. The van der Waals surface area contributed by atoms with Gasteiger partial charge in [-0.2, -0.15) is 39.5 Å². The summed E-state index contributed by atoms with van der Waals surface area (Å²) in [6.07, 6.45) is -16.7. The number of carbonyl (C=O) groups excluding carboxylic acids is 2. The summed E-state index contributed by atoms with van der Waals surface area (Å²) in [6, 6.07) is 6.08. The first-order chi connectivity index (χ1) is 23.5. The van der Waals surface area contributed by atoms with Gasteiger partial charge in [-0.15, -0.1) is 0 Å². The van der Waals surface area contributed by atoms with Gasteiger partial charge in [0.05, 0.1) is 35.4 Å². The van der Waals surface area contributed by atoms with Crippen LogP contribution in [0.2, 0.25) is 0 Å². The summed E-state index contributed by atoms with van der Waals surface area (Å²) in [4.78, 5) is 26.2. The molecule has 0 aromatic heterocycles. The Morgan fingerprint density at radius 2 is 1.43 bits per heavy atom. The molecule has 1 aliphatic heterocycles. The van der Waals surface area contributed by atoms with Crippen molar-refractivity contribution in [3.05, 3.63) is 99.4 Å². The Morgan fingerprint density at radius 1 is 0.863 bits per heavy atom. The number of esters is 1. The summed E-state index contributed by atoms with van der Waals surface area (Å²) in [7, 11) is 1.09. The molecule has 51 heavy (non-hydrogen) atoms. The van der Waals surface area contributed by atoms with Crippen LogP contribution in [0.3, 0.4) is 0 Å². The minimum absolute atomic E-state index is 0.0351. The minimum Gasteiger partial charge on any atom is -0.465 e. The molecule has 5 nitrogen and oxygen atoms in total. The topological polar surface area (TPSA) is 55.8 Å². The Kier molecular flexibility index (Phi) is 9.76. The maximum Gasteiger partial charge on any atom is 0.416 e. The largest absolute Gasteiger partial charge is 0.465 e. The molecular weight excluding hydrogens is 700 g/mol. The van der Waals surface area contributed by atoms with Crippen LogP contribution in [-0.4, -0.2) is 36.7 Å². The van der Waals surface area contributed by atoms with Crippen molar-refractivity contribution in [3.8, 4) is 11.1 Å². The monoisotopic (exact) mass is 731 g/mol. The first-order valence-corrected chi connectivity index (χ1v) is 15.6. The molecule has 5 rings (SSSR count). The molecule has 3 aromatic rings. The number of nitrogens with zero attached hydrogens (tertiary/aromatic N) is 1. The lowest BCUT2D eigenvalue weighted by Gasteiger charge is -2.35. The molecule has 0 saturated carbocycles. The second-order valence-corrected chi connectivity index (χ2v) is 13.4. The second-order valence-electron chi connectivity index (χ2n) is 13.4. The van der Waals surface area contributed by atoms with Gasteiger partial charge in [0.1, 0.15) is 11.9 Å². The third kappa shape index (κ3) is 8.01. The van der Waals surface area contributed by atoms with E-state index in [1.54, 1.807) is 0 Å². The second kappa shape index (κ2) is 13.2. The maximum atomic E-state index is 15.2. The van der Waals surface area contributed by atoms with Crippen molar-refractivity contribution < 1.29 is 63.0 Å². The standard InChI is InChI=1S/C36H31F10NO4/c1-18-30(22-12-25(35(41,42)43)15-26(13-22)36(44,45)46)51-32(49)47(18)17-23-16-33(2,3)8-7-27(23)20-9-21(11-24(10-20)34(38,39)40)28-6-5-19(14-29(28)37)31(48)50-4/h5-6,9-15,18,30H,7-8,16-17H2,1-4H3/t18-,30?/m0/s1. The van der Waals surface area contributed by atoms with Gasteiger partial charge in [0.2, 0.25) is 0 Å². The van der Waals surface area contributed by atoms with Gasteiger partial charge >= 0.3 is 30.6 Å². The van der Waals surface area contributed by atoms with E-state index < -0.39 is 76.2 Å². The van der Waals surface area contributed by atoms with Crippen LogP contribution >= 0.6 is 0 Å². The zero-order valence-electron chi connectivity index (χ0n) is 27.5. The third-order valence-electron chi connectivity index (χ3n) is 9.17. The molecule has 1 aliphatic carbocycles. The van der Waals surface area contributed by atoms with Crippen LogP contribution in [0, 0.1) is 11.2 Å². The van der Waals surface area contributed by atoms with Crippen molar-refractivity contribution in [1.29, 1.82) is 0 Å². The zero-order chi connectivity index (χ0) is 37.8. The van der Waals surface area contributed by atoms with Crippen molar-refractivity contribution >= 4 is 17.6 Å². The van der Waals surface area contributed by atoms with Crippen LogP contribution in [0.25, 0.3) is 16.7 Å². The lowest BCUT2D eigenvalue weighted by Crippen LogP contribution is -2.35. The summed E-state index contributed by atoms with van der Waals surface area (Å²) in [6.45, 7) is 4.93. The van der Waals surface area contributed by atoms with Crippen LogP contribution in [0.5, 0.6) is 0 Å². The van der Waals surface area contributed by atoms with Crippen LogP contribution in [0.1, 0.15) is 84.3 Å². The highest BCUT2D eigenvalue weighted by molar-refractivity contribution is 5.90. The van der Waals surface area contributed by atoms with E-state index in [2.05, 4.69) is 4.74 Å². The number of hydrogen-bond acceptors (Lipinski definition) is 4. The summed E-state index contributed by atoms with van der Waals surface area (Å²) < 4.78 is 149. The fourth-order valence-corrected chi connectivity index (χ4v) is 6.54. The number of ether oxygens (including phenoxy) is 2. The van der Waals surface area contributed by atoms with E-state index in [4.69, 9.17) is 4.74 Å². The van der Waals surface area contributed by atoms with Gasteiger partial charge in [0.25, 0.3) is 0 Å².